The highest BCUT2D eigenvalue weighted by Crippen LogP contribution is 2.45. The van der Waals surface area contributed by atoms with Gasteiger partial charge in [0.05, 0.1) is 11.2 Å². The predicted molar refractivity (Wildman–Crippen MR) is 59.6 cm³/mol. The summed E-state index contributed by atoms with van der Waals surface area (Å²) in [6, 6.07) is -0.240. The van der Waals surface area contributed by atoms with Crippen molar-refractivity contribution in [3.8, 4) is 0 Å². The van der Waals surface area contributed by atoms with Crippen molar-refractivity contribution in [3.63, 3.8) is 0 Å². The fraction of sp³-hybridized carbons (Fsp3) is 0.500. The second kappa shape index (κ2) is 3.28. The molecule has 3 amide bonds. The van der Waals surface area contributed by atoms with Gasteiger partial charge in [0.1, 0.15) is 11.5 Å². The summed E-state index contributed by atoms with van der Waals surface area (Å²) >= 11 is 1.37. The number of hydrogen-bond donors (Lipinski definition) is 0. The van der Waals surface area contributed by atoms with Crippen molar-refractivity contribution in [1.82, 2.24) is 9.88 Å². The first-order valence-electron chi connectivity index (χ1n) is 5.20. The Morgan fingerprint density at radius 3 is 2.75 bits per heavy atom. The minimum Gasteiger partial charge on any atom is -0.318 e. The number of carbonyl (C=O) groups is 2. The quantitative estimate of drug-likeness (QED) is 0.731. The number of carbonyl (C=O) groups excluding carboxylic acids is 2. The first-order chi connectivity index (χ1) is 7.68. The van der Waals surface area contributed by atoms with Crippen molar-refractivity contribution < 1.29 is 9.59 Å². The fourth-order valence-electron chi connectivity index (χ4n) is 1.87. The Balaban J connectivity index is 1.99. The van der Waals surface area contributed by atoms with Crippen LogP contribution in [0.1, 0.15) is 24.5 Å². The Bertz CT molecular complexity index is 466. The van der Waals surface area contributed by atoms with E-state index in [0.717, 1.165) is 23.5 Å². The Hall–Kier alpha value is -1.43. The number of likely N-dealkylation sites (N-methyl/N-ethyl adjacent to an activating group) is 1. The minimum absolute atomic E-state index is 0.154. The van der Waals surface area contributed by atoms with Gasteiger partial charge in [-0.25, -0.2) is 14.7 Å². The number of amides is 3. The zero-order chi connectivity index (χ0) is 11.3. The zero-order valence-electron chi connectivity index (χ0n) is 8.84. The molecule has 0 unspecified atom stereocenters. The van der Waals surface area contributed by atoms with E-state index in [4.69, 9.17) is 0 Å². The highest BCUT2D eigenvalue weighted by molar-refractivity contribution is 7.14. The molecule has 3 rings (SSSR count). The van der Waals surface area contributed by atoms with Gasteiger partial charge in [-0.2, -0.15) is 0 Å². The van der Waals surface area contributed by atoms with Gasteiger partial charge < -0.3 is 4.90 Å². The molecule has 0 bridgehead atoms. The third-order valence-electron chi connectivity index (χ3n) is 2.88. The van der Waals surface area contributed by atoms with Crippen LogP contribution < -0.4 is 4.90 Å². The summed E-state index contributed by atoms with van der Waals surface area (Å²) in [6.07, 6.45) is 2.23. The van der Waals surface area contributed by atoms with Crippen LogP contribution in [0.25, 0.3) is 0 Å². The number of imide groups is 1. The Morgan fingerprint density at radius 2 is 2.19 bits per heavy atom. The number of anilines is 1. The highest BCUT2D eigenvalue weighted by atomic mass is 32.1. The molecule has 0 atom stereocenters. The molecule has 84 valence electrons. The molecule has 16 heavy (non-hydrogen) atoms. The lowest BCUT2D eigenvalue weighted by Crippen LogP contribution is -2.31. The monoisotopic (exact) mass is 237 g/mol. The summed E-state index contributed by atoms with van der Waals surface area (Å²) < 4.78 is 0. The maximum atomic E-state index is 11.8. The first kappa shape index (κ1) is 9.77. The lowest BCUT2D eigenvalue weighted by Gasteiger charge is -2.12. The van der Waals surface area contributed by atoms with E-state index in [1.54, 1.807) is 12.6 Å². The van der Waals surface area contributed by atoms with Gasteiger partial charge in [0, 0.05) is 13.0 Å². The fourth-order valence-corrected chi connectivity index (χ4v) is 2.76. The molecular formula is C10H11N3O2S. The number of aromatic nitrogens is 1. The maximum Gasteiger partial charge on any atom is 0.332 e. The van der Waals surface area contributed by atoms with Crippen LogP contribution in [0.2, 0.25) is 0 Å². The molecule has 0 radical (unpaired) electrons. The van der Waals surface area contributed by atoms with E-state index < -0.39 is 0 Å². The van der Waals surface area contributed by atoms with Gasteiger partial charge >= 0.3 is 6.03 Å². The molecule has 1 saturated heterocycles. The van der Waals surface area contributed by atoms with E-state index in [2.05, 4.69) is 4.98 Å². The molecule has 2 heterocycles. The number of nitrogens with zero attached hydrogens (tertiary/aromatic N) is 3. The number of rotatable bonds is 2. The molecule has 5 nitrogen and oxygen atoms in total. The second-order valence-corrected chi connectivity index (χ2v) is 5.02. The first-order valence-corrected chi connectivity index (χ1v) is 6.08. The van der Waals surface area contributed by atoms with E-state index in [1.165, 1.54) is 21.1 Å². The molecule has 1 aliphatic heterocycles. The maximum absolute atomic E-state index is 11.8. The average Bonchev–Trinajstić information content (AvgIpc) is 2.92. The molecule has 1 aromatic rings. The van der Waals surface area contributed by atoms with Gasteiger partial charge in [0.15, 0.2) is 0 Å². The SMILES string of the molecule is CN1CC(=O)N(c2scnc2C2CC2)C1=O. The van der Waals surface area contributed by atoms with Crippen molar-refractivity contribution in [1.29, 1.82) is 0 Å². The molecule has 0 aromatic carbocycles. The molecular weight excluding hydrogens is 226 g/mol. The van der Waals surface area contributed by atoms with Crippen LogP contribution in [0.4, 0.5) is 9.80 Å². The summed E-state index contributed by atoms with van der Waals surface area (Å²) in [5.74, 6) is 0.298. The van der Waals surface area contributed by atoms with E-state index in [1.807, 2.05) is 0 Å². The van der Waals surface area contributed by atoms with Gasteiger partial charge in [0.2, 0.25) is 0 Å². The number of hydrogen-bond acceptors (Lipinski definition) is 4. The summed E-state index contributed by atoms with van der Waals surface area (Å²) in [4.78, 5) is 30.5. The van der Waals surface area contributed by atoms with E-state index >= 15 is 0 Å². The van der Waals surface area contributed by atoms with Gasteiger partial charge in [-0.3, -0.25) is 4.79 Å². The van der Waals surface area contributed by atoms with Crippen molar-refractivity contribution in [3.05, 3.63) is 11.2 Å². The number of urea groups is 1. The lowest BCUT2D eigenvalue weighted by atomic mass is 10.3. The third kappa shape index (κ3) is 1.33. The Morgan fingerprint density at radius 1 is 1.44 bits per heavy atom. The van der Waals surface area contributed by atoms with Crippen molar-refractivity contribution in [2.24, 2.45) is 0 Å². The van der Waals surface area contributed by atoms with Crippen molar-refractivity contribution in [2.45, 2.75) is 18.8 Å². The molecule has 2 fully saturated rings. The molecule has 1 saturated carbocycles. The standard InChI is InChI=1S/C10H11N3O2S/c1-12-4-7(14)13(10(12)15)9-8(6-2-3-6)11-5-16-9/h5-6H,2-4H2,1H3. The van der Waals surface area contributed by atoms with Crippen molar-refractivity contribution in [2.75, 3.05) is 18.5 Å². The molecule has 0 N–H and O–H groups in total. The number of thiazole rings is 1. The molecule has 1 aromatic heterocycles. The molecule has 2 aliphatic rings. The predicted octanol–water partition coefficient (Wildman–Crippen LogP) is 1.42. The van der Waals surface area contributed by atoms with Gasteiger partial charge in [-0.1, -0.05) is 0 Å². The van der Waals surface area contributed by atoms with Crippen LogP contribution in [-0.4, -0.2) is 35.4 Å². The van der Waals surface area contributed by atoms with E-state index in [0.29, 0.717) is 5.92 Å². The normalized spacial score (nSPS) is 21.1. The summed E-state index contributed by atoms with van der Waals surface area (Å²) in [5.41, 5.74) is 2.63. The third-order valence-corrected chi connectivity index (χ3v) is 3.71. The Labute approximate surface area is 96.7 Å². The van der Waals surface area contributed by atoms with Gasteiger partial charge in [0.25, 0.3) is 5.91 Å². The lowest BCUT2D eigenvalue weighted by molar-refractivity contribution is -0.116. The van der Waals surface area contributed by atoms with Gasteiger partial charge in [-0.05, 0) is 12.8 Å². The Kier molecular flexibility index (Phi) is 2.00. The van der Waals surface area contributed by atoms with Crippen LogP contribution in [0.3, 0.4) is 0 Å². The van der Waals surface area contributed by atoms with Crippen LogP contribution in [0.15, 0.2) is 5.51 Å². The van der Waals surface area contributed by atoms with Crippen LogP contribution in [-0.2, 0) is 4.79 Å². The summed E-state index contributed by atoms with van der Waals surface area (Å²) in [7, 11) is 1.64. The van der Waals surface area contributed by atoms with Crippen LogP contribution >= 0.6 is 11.3 Å². The topological polar surface area (TPSA) is 53.5 Å². The highest BCUT2D eigenvalue weighted by Gasteiger charge is 2.40. The van der Waals surface area contributed by atoms with Crippen LogP contribution in [0.5, 0.6) is 0 Å². The zero-order valence-corrected chi connectivity index (χ0v) is 9.66. The molecule has 6 heteroatoms. The summed E-state index contributed by atoms with van der Waals surface area (Å²) in [5, 5.41) is 0.724. The molecule has 0 spiro atoms. The van der Waals surface area contributed by atoms with E-state index in [-0.39, 0.29) is 18.5 Å². The van der Waals surface area contributed by atoms with Crippen LogP contribution in [0, 0.1) is 0 Å². The summed E-state index contributed by atoms with van der Waals surface area (Å²) in [6.45, 7) is 0.167. The average molecular weight is 237 g/mol. The second-order valence-electron chi connectivity index (χ2n) is 4.18. The minimum atomic E-state index is -0.240. The largest absolute Gasteiger partial charge is 0.332 e. The van der Waals surface area contributed by atoms with Gasteiger partial charge in [-0.15, -0.1) is 11.3 Å². The smallest absolute Gasteiger partial charge is 0.318 e. The molecule has 1 aliphatic carbocycles. The van der Waals surface area contributed by atoms with Crippen molar-refractivity contribution >= 4 is 28.3 Å². The van der Waals surface area contributed by atoms with E-state index in [9.17, 15) is 9.59 Å².